The largest absolute Gasteiger partial charge is 0.396 e. The van der Waals surface area contributed by atoms with Crippen molar-refractivity contribution in [2.75, 3.05) is 6.61 Å². The van der Waals surface area contributed by atoms with Crippen LogP contribution < -0.4 is 5.32 Å². The van der Waals surface area contributed by atoms with E-state index < -0.39 is 0 Å². The van der Waals surface area contributed by atoms with Crippen LogP contribution in [0.15, 0.2) is 24.3 Å². The minimum atomic E-state index is 0.119. The lowest BCUT2D eigenvalue weighted by atomic mass is 9.84. The number of para-hydroxylation sites is 1. The fourth-order valence-corrected chi connectivity index (χ4v) is 3.32. The Bertz CT molecular complexity index is 526. The Balaban J connectivity index is 2.15. The molecular formula is C16H24N2OS. The van der Waals surface area contributed by atoms with Gasteiger partial charge in [-0.05, 0) is 30.9 Å². The summed E-state index contributed by atoms with van der Waals surface area (Å²) in [5.41, 5.74) is 1.18. The molecule has 0 spiro atoms. The van der Waals surface area contributed by atoms with Crippen molar-refractivity contribution in [2.45, 2.75) is 46.2 Å². The van der Waals surface area contributed by atoms with E-state index in [1.54, 1.807) is 11.3 Å². The van der Waals surface area contributed by atoms with Crippen LogP contribution in [0.25, 0.3) is 10.2 Å². The van der Waals surface area contributed by atoms with Crippen molar-refractivity contribution in [3.63, 3.8) is 0 Å². The van der Waals surface area contributed by atoms with E-state index in [1.165, 1.54) is 4.70 Å². The second-order valence-electron chi connectivity index (χ2n) is 6.34. The molecule has 0 radical (unpaired) electrons. The molecule has 0 aliphatic heterocycles. The Kier molecular flexibility index (Phi) is 4.78. The van der Waals surface area contributed by atoms with Gasteiger partial charge in [-0.2, -0.15) is 0 Å². The zero-order valence-corrected chi connectivity index (χ0v) is 13.5. The van der Waals surface area contributed by atoms with Crippen LogP contribution in [0.5, 0.6) is 0 Å². The van der Waals surface area contributed by atoms with E-state index in [0.717, 1.165) is 16.9 Å². The van der Waals surface area contributed by atoms with Gasteiger partial charge in [0.25, 0.3) is 0 Å². The minimum Gasteiger partial charge on any atom is -0.396 e. The van der Waals surface area contributed by atoms with Gasteiger partial charge in [0, 0.05) is 12.6 Å². The Morgan fingerprint density at radius 2 is 2.00 bits per heavy atom. The highest BCUT2D eigenvalue weighted by Gasteiger charge is 2.26. The lowest BCUT2D eigenvalue weighted by molar-refractivity contribution is 0.188. The Morgan fingerprint density at radius 3 is 2.60 bits per heavy atom. The van der Waals surface area contributed by atoms with E-state index in [9.17, 15) is 5.11 Å². The first-order valence-electron chi connectivity index (χ1n) is 7.14. The monoisotopic (exact) mass is 292 g/mol. The second kappa shape index (κ2) is 6.20. The van der Waals surface area contributed by atoms with Gasteiger partial charge in [-0.25, -0.2) is 4.98 Å². The second-order valence-corrected chi connectivity index (χ2v) is 7.40. The van der Waals surface area contributed by atoms with E-state index in [1.807, 2.05) is 12.1 Å². The quantitative estimate of drug-likeness (QED) is 0.882. The third kappa shape index (κ3) is 3.57. The molecule has 2 atom stereocenters. The van der Waals surface area contributed by atoms with E-state index >= 15 is 0 Å². The van der Waals surface area contributed by atoms with Crippen LogP contribution in [-0.2, 0) is 0 Å². The summed E-state index contributed by atoms with van der Waals surface area (Å²) < 4.78 is 1.23. The summed E-state index contributed by atoms with van der Waals surface area (Å²) in [5, 5.41) is 14.0. The van der Waals surface area contributed by atoms with E-state index in [2.05, 4.69) is 45.1 Å². The van der Waals surface area contributed by atoms with Gasteiger partial charge in [-0.1, -0.05) is 32.9 Å². The first-order valence-corrected chi connectivity index (χ1v) is 7.96. The molecule has 0 amide bonds. The predicted molar refractivity (Wildman–Crippen MR) is 86.1 cm³/mol. The molecule has 0 aliphatic rings. The molecule has 20 heavy (non-hydrogen) atoms. The van der Waals surface area contributed by atoms with Gasteiger partial charge in [0.15, 0.2) is 0 Å². The molecule has 1 heterocycles. The number of nitrogens with one attached hydrogen (secondary N) is 1. The summed E-state index contributed by atoms with van der Waals surface area (Å²) in [6.45, 7) is 8.96. The van der Waals surface area contributed by atoms with Crippen LogP contribution >= 0.6 is 11.3 Å². The van der Waals surface area contributed by atoms with Gasteiger partial charge in [-0.3, -0.25) is 0 Å². The fourth-order valence-electron chi connectivity index (χ4n) is 2.34. The number of thiazole rings is 1. The molecule has 110 valence electrons. The van der Waals surface area contributed by atoms with Crippen molar-refractivity contribution in [1.29, 1.82) is 0 Å². The molecule has 2 aromatic rings. The van der Waals surface area contributed by atoms with Gasteiger partial charge in [0.05, 0.1) is 16.3 Å². The predicted octanol–water partition coefficient (Wildman–Crippen LogP) is 3.74. The smallest absolute Gasteiger partial charge is 0.111 e. The number of benzene rings is 1. The molecule has 3 nitrogen and oxygen atoms in total. The normalized spacial score (nSPS) is 15.4. The highest BCUT2D eigenvalue weighted by atomic mass is 32.1. The molecule has 1 aromatic carbocycles. The molecule has 2 N–H and O–H groups in total. The molecule has 0 bridgehead atoms. The number of nitrogens with zero attached hydrogens (tertiary/aromatic N) is 1. The van der Waals surface area contributed by atoms with Gasteiger partial charge in [-0.15, -0.1) is 11.3 Å². The zero-order chi connectivity index (χ0) is 14.8. The maximum Gasteiger partial charge on any atom is 0.111 e. The molecule has 0 fully saturated rings. The van der Waals surface area contributed by atoms with Crippen molar-refractivity contribution in [1.82, 2.24) is 10.3 Å². The highest BCUT2D eigenvalue weighted by Crippen LogP contribution is 2.29. The number of aliphatic hydroxyl groups is 1. The standard InChI is InChI=1S/C16H24N2OS/c1-11(17-14(9-10-19)16(2,3)4)15-18-12-7-5-6-8-13(12)20-15/h5-8,11,14,17,19H,9-10H2,1-4H3. The molecule has 1 aromatic heterocycles. The SMILES string of the molecule is CC(NC(CCO)C(C)(C)C)c1nc2ccccc2s1. The van der Waals surface area contributed by atoms with Gasteiger partial charge in [0.1, 0.15) is 5.01 Å². The molecule has 0 saturated heterocycles. The third-order valence-corrected chi connectivity index (χ3v) is 4.81. The van der Waals surface area contributed by atoms with Crippen LogP contribution in [0.1, 0.15) is 45.2 Å². The summed E-state index contributed by atoms with van der Waals surface area (Å²) in [7, 11) is 0. The van der Waals surface area contributed by atoms with Crippen LogP contribution in [0, 0.1) is 5.41 Å². The van der Waals surface area contributed by atoms with Crippen LogP contribution in [0.4, 0.5) is 0 Å². The van der Waals surface area contributed by atoms with Crippen molar-refractivity contribution in [3.05, 3.63) is 29.3 Å². The van der Waals surface area contributed by atoms with E-state index in [0.29, 0.717) is 0 Å². The van der Waals surface area contributed by atoms with Gasteiger partial charge >= 0.3 is 0 Å². The Morgan fingerprint density at radius 1 is 1.30 bits per heavy atom. The van der Waals surface area contributed by atoms with E-state index in [-0.39, 0.29) is 24.1 Å². The number of hydrogen-bond acceptors (Lipinski definition) is 4. The van der Waals surface area contributed by atoms with Crippen LogP contribution in [0.2, 0.25) is 0 Å². The van der Waals surface area contributed by atoms with Crippen molar-refractivity contribution in [3.8, 4) is 0 Å². The van der Waals surface area contributed by atoms with Crippen LogP contribution in [0.3, 0.4) is 0 Å². The van der Waals surface area contributed by atoms with Crippen molar-refractivity contribution < 1.29 is 5.11 Å². The number of fused-ring (bicyclic) bond motifs is 1. The van der Waals surface area contributed by atoms with Gasteiger partial charge < -0.3 is 10.4 Å². The molecule has 0 aliphatic carbocycles. The number of hydrogen-bond donors (Lipinski definition) is 2. The summed E-state index contributed by atoms with van der Waals surface area (Å²) in [6.07, 6.45) is 0.763. The Labute approximate surface area is 125 Å². The van der Waals surface area contributed by atoms with Crippen molar-refractivity contribution in [2.24, 2.45) is 5.41 Å². The highest BCUT2D eigenvalue weighted by molar-refractivity contribution is 7.18. The maximum absolute atomic E-state index is 9.24. The average molecular weight is 292 g/mol. The van der Waals surface area contributed by atoms with E-state index in [4.69, 9.17) is 4.98 Å². The molecule has 0 saturated carbocycles. The molecule has 2 rings (SSSR count). The number of rotatable bonds is 5. The summed E-state index contributed by atoms with van der Waals surface area (Å²) >= 11 is 1.74. The third-order valence-electron chi connectivity index (χ3n) is 3.60. The fraction of sp³-hybridized carbons (Fsp3) is 0.562. The minimum absolute atomic E-state index is 0.119. The molecule has 2 unspecified atom stereocenters. The summed E-state index contributed by atoms with van der Waals surface area (Å²) in [4.78, 5) is 4.70. The number of aliphatic hydroxyl groups excluding tert-OH is 1. The summed E-state index contributed by atoms with van der Waals surface area (Å²) in [5.74, 6) is 0. The maximum atomic E-state index is 9.24. The molecule has 4 heteroatoms. The first-order chi connectivity index (χ1) is 9.41. The van der Waals surface area contributed by atoms with Crippen LogP contribution in [-0.4, -0.2) is 22.7 Å². The zero-order valence-electron chi connectivity index (χ0n) is 12.7. The first kappa shape index (κ1) is 15.4. The Hall–Kier alpha value is -0.970. The average Bonchev–Trinajstić information content (AvgIpc) is 2.80. The lowest BCUT2D eigenvalue weighted by Gasteiger charge is -2.33. The van der Waals surface area contributed by atoms with Gasteiger partial charge in [0.2, 0.25) is 0 Å². The summed E-state index contributed by atoms with van der Waals surface area (Å²) in [6, 6.07) is 8.70. The lowest BCUT2D eigenvalue weighted by Crippen LogP contribution is -2.42. The molecular weight excluding hydrogens is 268 g/mol. The topological polar surface area (TPSA) is 45.1 Å². The van der Waals surface area contributed by atoms with Crippen molar-refractivity contribution >= 4 is 21.6 Å². The number of aromatic nitrogens is 1.